The van der Waals surface area contributed by atoms with Crippen molar-refractivity contribution in [1.82, 2.24) is 30.0 Å². The third-order valence-electron chi connectivity index (χ3n) is 7.22. The fourth-order valence-electron chi connectivity index (χ4n) is 4.90. The molecule has 0 bridgehead atoms. The van der Waals surface area contributed by atoms with E-state index in [1.807, 2.05) is 17.9 Å². The minimum atomic E-state index is -1.07. The molecule has 0 aromatic carbocycles. The van der Waals surface area contributed by atoms with Crippen LogP contribution < -0.4 is 16.4 Å². The third kappa shape index (κ3) is 7.32. The van der Waals surface area contributed by atoms with E-state index >= 15 is 0 Å². The molecule has 202 valence electrons. The summed E-state index contributed by atoms with van der Waals surface area (Å²) in [7, 11) is 1.94. The molecule has 2 fully saturated rings. The van der Waals surface area contributed by atoms with Gasteiger partial charge in [-0.15, -0.1) is 0 Å². The van der Waals surface area contributed by atoms with Gasteiger partial charge in [0.15, 0.2) is 0 Å². The number of carbonyl (C=O) groups is 2. The fourth-order valence-corrected chi connectivity index (χ4v) is 5.09. The Kier molecular flexibility index (Phi) is 9.20. The van der Waals surface area contributed by atoms with Crippen LogP contribution in [0.15, 0.2) is 12.4 Å². The molecule has 2 amide bonds. The molecule has 0 radical (unpaired) electrons. The molecule has 2 aromatic heterocycles. The van der Waals surface area contributed by atoms with Gasteiger partial charge in [0.1, 0.15) is 6.54 Å². The molecule has 2 aliphatic rings. The lowest BCUT2D eigenvalue weighted by molar-refractivity contribution is -0.122. The number of anilines is 1. The van der Waals surface area contributed by atoms with E-state index in [9.17, 15) is 14.7 Å². The van der Waals surface area contributed by atoms with E-state index in [1.165, 1.54) is 17.7 Å². The monoisotopic (exact) mass is 532 g/mol. The van der Waals surface area contributed by atoms with Crippen molar-refractivity contribution in [2.24, 2.45) is 18.7 Å². The van der Waals surface area contributed by atoms with Crippen LogP contribution in [0.1, 0.15) is 57.1 Å². The van der Waals surface area contributed by atoms with Gasteiger partial charge >= 0.3 is 6.09 Å². The highest BCUT2D eigenvalue weighted by Crippen LogP contribution is 2.37. The minimum absolute atomic E-state index is 0.103. The molecule has 2 aliphatic carbocycles. The second kappa shape index (κ2) is 12.6. The first-order valence-electron chi connectivity index (χ1n) is 13.1. The number of amides is 2. The van der Waals surface area contributed by atoms with Crippen molar-refractivity contribution in [1.29, 1.82) is 0 Å². The summed E-state index contributed by atoms with van der Waals surface area (Å²) in [6, 6.07) is -0.0988. The number of halogens is 1. The van der Waals surface area contributed by atoms with Crippen LogP contribution in [0.25, 0.3) is 11.3 Å². The number of hydrogen-bond acceptors (Lipinski definition) is 7. The highest BCUT2D eigenvalue weighted by Gasteiger charge is 2.31. The van der Waals surface area contributed by atoms with E-state index in [4.69, 9.17) is 22.3 Å². The molecule has 2 aromatic rings. The predicted molar refractivity (Wildman–Crippen MR) is 141 cm³/mol. The summed E-state index contributed by atoms with van der Waals surface area (Å²) in [6.07, 6.45) is 10.2. The summed E-state index contributed by atoms with van der Waals surface area (Å²) in [5.41, 5.74) is 8.21. The number of nitrogens with zero attached hydrogens (tertiary/aromatic N) is 5. The standard InChI is InChI=1S/C25H37ClN8O3/c1-33-21(12-16-4-5-16)19(13-30-33)23-20(26)14-29-24(32-23)31-17-6-8-18(9-7-17)34(25(36)37)15-22(35)28-11-3-2-10-27/h13-14,16-18H,2-12,15,27H2,1H3,(H,28,35)(H,36,37)(H,29,31,32). The van der Waals surface area contributed by atoms with Gasteiger partial charge in [-0.05, 0) is 70.3 Å². The van der Waals surface area contributed by atoms with E-state index in [0.29, 0.717) is 48.5 Å². The zero-order valence-electron chi connectivity index (χ0n) is 21.3. The third-order valence-corrected chi connectivity index (χ3v) is 7.50. The molecular formula is C25H37ClN8O3. The lowest BCUT2D eigenvalue weighted by Gasteiger charge is -2.35. The maximum absolute atomic E-state index is 12.2. The van der Waals surface area contributed by atoms with Gasteiger partial charge in [0, 0.05) is 36.9 Å². The first kappa shape index (κ1) is 27.1. The van der Waals surface area contributed by atoms with Crippen LogP contribution in [0.4, 0.5) is 10.7 Å². The zero-order chi connectivity index (χ0) is 26.4. The number of nitrogens with two attached hydrogens (primary N) is 1. The smallest absolute Gasteiger partial charge is 0.408 e. The highest BCUT2D eigenvalue weighted by atomic mass is 35.5. The van der Waals surface area contributed by atoms with Crippen LogP contribution in [0.3, 0.4) is 0 Å². The number of aryl methyl sites for hydroxylation is 1. The zero-order valence-corrected chi connectivity index (χ0v) is 22.1. The van der Waals surface area contributed by atoms with Crippen LogP contribution in [0.2, 0.25) is 5.02 Å². The van der Waals surface area contributed by atoms with Crippen molar-refractivity contribution in [3.05, 3.63) is 23.1 Å². The van der Waals surface area contributed by atoms with E-state index < -0.39 is 6.09 Å². The van der Waals surface area contributed by atoms with Crippen molar-refractivity contribution >= 4 is 29.5 Å². The second-order valence-corrected chi connectivity index (χ2v) is 10.5. The average molecular weight is 533 g/mol. The Morgan fingerprint density at radius 2 is 1.95 bits per heavy atom. The Morgan fingerprint density at radius 3 is 2.62 bits per heavy atom. The molecule has 0 atom stereocenters. The first-order chi connectivity index (χ1) is 17.9. The number of carboxylic acid groups (broad SMARTS) is 1. The topological polar surface area (TPSA) is 151 Å². The van der Waals surface area contributed by atoms with Crippen LogP contribution in [-0.2, 0) is 18.3 Å². The normalized spacial score (nSPS) is 19.4. The summed E-state index contributed by atoms with van der Waals surface area (Å²) >= 11 is 6.49. The molecule has 4 rings (SSSR count). The molecule has 2 saturated carbocycles. The summed E-state index contributed by atoms with van der Waals surface area (Å²) in [4.78, 5) is 34.5. The van der Waals surface area contributed by atoms with Gasteiger partial charge in [0.05, 0.1) is 23.1 Å². The minimum Gasteiger partial charge on any atom is -0.465 e. The largest absolute Gasteiger partial charge is 0.465 e. The molecule has 5 N–H and O–H groups in total. The summed E-state index contributed by atoms with van der Waals surface area (Å²) in [6.45, 7) is 0.921. The first-order valence-corrected chi connectivity index (χ1v) is 13.5. The Hall–Kier alpha value is -2.92. The number of nitrogens with one attached hydrogen (secondary N) is 2. The van der Waals surface area contributed by atoms with Gasteiger partial charge in [0.25, 0.3) is 0 Å². The van der Waals surface area contributed by atoms with E-state index in [1.54, 1.807) is 6.20 Å². The van der Waals surface area contributed by atoms with Crippen molar-refractivity contribution < 1.29 is 14.7 Å². The Morgan fingerprint density at radius 1 is 1.19 bits per heavy atom. The molecular weight excluding hydrogens is 496 g/mol. The molecule has 0 unspecified atom stereocenters. The van der Waals surface area contributed by atoms with E-state index in [-0.39, 0.29) is 24.5 Å². The van der Waals surface area contributed by atoms with Gasteiger partial charge in [-0.3, -0.25) is 14.4 Å². The quantitative estimate of drug-likeness (QED) is 0.304. The van der Waals surface area contributed by atoms with Crippen molar-refractivity contribution in [3.63, 3.8) is 0 Å². The molecule has 11 nitrogen and oxygen atoms in total. The number of aromatic nitrogens is 4. The van der Waals surface area contributed by atoms with Crippen LogP contribution in [0.5, 0.6) is 0 Å². The van der Waals surface area contributed by atoms with Crippen LogP contribution in [0, 0.1) is 5.92 Å². The van der Waals surface area contributed by atoms with Gasteiger partial charge in [-0.25, -0.2) is 14.8 Å². The summed E-state index contributed by atoms with van der Waals surface area (Å²) < 4.78 is 1.90. The van der Waals surface area contributed by atoms with Gasteiger partial charge in [0.2, 0.25) is 11.9 Å². The number of unbranched alkanes of at least 4 members (excludes halogenated alkanes) is 1. The van der Waals surface area contributed by atoms with Crippen molar-refractivity contribution in [2.75, 3.05) is 25.0 Å². The van der Waals surface area contributed by atoms with Gasteiger partial charge in [-0.2, -0.15) is 5.10 Å². The highest BCUT2D eigenvalue weighted by molar-refractivity contribution is 6.32. The van der Waals surface area contributed by atoms with E-state index in [0.717, 1.165) is 43.4 Å². The maximum Gasteiger partial charge on any atom is 0.408 e. The summed E-state index contributed by atoms with van der Waals surface area (Å²) in [5.74, 6) is 0.921. The molecule has 0 spiro atoms. The van der Waals surface area contributed by atoms with E-state index in [2.05, 4.69) is 20.7 Å². The lowest BCUT2D eigenvalue weighted by Crippen LogP contribution is -2.48. The molecule has 37 heavy (non-hydrogen) atoms. The SMILES string of the molecule is Cn1ncc(-c2nc(NC3CCC(N(CC(=O)NCCCCN)C(=O)O)CC3)ncc2Cl)c1CC1CC1. The van der Waals surface area contributed by atoms with Crippen molar-refractivity contribution in [2.45, 2.75) is 69.9 Å². The maximum atomic E-state index is 12.2. The van der Waals surface area contributed by atoms with Crippen LogP contribution >= 0.6 is 11.6 Å². The second-order valence-electron chi connectivity index (χ2n) is 10.1. The molecule has 12 heteroatoms. The molecule has 0 aliphatic heterocycles. The average Bonchev–Trinajstić information content (AvgIpc) is 3.63. The predicted octanol–water partition coefficient (Wildman–Crippen LogP) is 3.04. The van der Waals surface area contributed by atoms with Gasteiger partial charge in [-0.1, -0.05) is 11.6 Å². The summed E-state index contributed by atoms with van der Waals surface area (Å²) in [5, 5.41) is 20.8. The fraction of sp³-hybridized carbons (Fsp3) is 0.640. The lowest BCUT2D eigenvalue weighted by atomic mass is 9.90. The Balaban J connectivity index is 1.34. The Labute approximate surface area is 222 Å². The van der Waals surface area contributed by atoms with Crippen molar-refractivity contribution in [3.8, 4) is 11.3 Å². The molecule has 2 heterocycles. The number of hydrogen-bond donors (Lipinski definition) is 4. The van der Waals surface area contributed by atoms with Gasteiger partial charge < -0.3 is 21.5 Å². The van der Waals surface area contributed by atoms with Crippen LogP contribution in [-0.4, -0.2) is 73.5 Å². The Bertz CT molecular complexity index is 1080. The number of rotatable bonds is 12. The number of carbonyl (C=O) groups excluding carboxylic acids is 1. The molecule has 0 saturated heterocycles.